The van der Waals surface area contributed by atoms with E-state index in [9.17, 15) is 9.59 Å². The van der Waals surface area contributed by atoms with Gasteiger partial charge in [0.1, 0.15) is 5.69 Å². The van der Waals surface area contributed by atoms with E-state index >= 15 is 0 Å². The lowest BCUT2D eigenvalue weighted by atomic mass is 10.1. The highest BCUT2D eigenvalue weighted by Crippen LogP contribution is 2.14. The van der Waals surface area contributed by atoms with Crippen LogP contribution in [0.15, 0.2) is 10.5 Å². The zero-order valence-corrected chi connectivity index (χ0v) is 10.3. The van der Waals surface area contributed by atoms with E-state index in [1.54, 1.807) is 0 Å². The van der Waals surface area contributed by atoms with Crippen molar-refractivity contribution in [2.75, 3.05) is 5.72 Å². The molecule has 98 valence electrons. The first-order valence-electron chi connectivity index (χ1n) is 6.39. The molecule has 1 rings (SSSR count). The van der Waals surface area contributed by atoms with Crippen LogP contribution < -0.4 is 11.5 Å². The number of carbonyl (C=O) groups is 2. The predicted molar refractivity (Wildman–Crippen MR) is 65.1 cm³/mol. The third-order valence-electron chi connectivity index (χ3n) is 1.76. The first-order chi connectivity index (χ1) is 10.1. The molecule has 0 radical (unpaired) electrons. The maximum atomic E-state index is 11.4. The van der Waals surface area contributed by atoms with E-state index in [-0.39, 0.29) is 21.9 Å². The van der Waals surface area contributed by atoms with E-state index in [1.807, 2.05) is 0 Å². The van der Waals surface area contributed by atoms with Crippen LogP contribution in [0, 0.1) is 0 Å². The summed E-state index contributed by atoms with van der Waals surface area (Å²) in [5.74, 6) is -2.14. The summed E-state index contributed by atoms with van der Waals surface area (Å²) in [5, 5.41) is 6.73. The third-order valence-corrected chi connectivity index (χ3v) is 2.33. The number of oxime groups is 1. The Morgan fingerprint density at radius 1 is 1.78 bits per heavy atom. The molecule has 0 saturated heterocycles. The van der Waals surface area contributed by atoms with Crippen molar-refractivity contribution in [1.29, 1.82) is 1.43 Å². The Labute approximate surface area is 112 Å². The zero-order chi connectivity index (χ0) is 17.1. The number of carboxylic acids is 1. The molecule has 1 aromatic heterocycles. The summed E-state index contributed by atoms with van der Waals surface area (Å²) in [6.07, 6.45) is 0. The van der Waals surface area contributed by atoms with Gasteiger partial charge in [0.15, 0.2) is 13.7 Å². The van der Waals surface area contributed by atoms with E-state index in [4.69, 9.17) is 16.2 Å². The van der Waals surface area contributed by atoms with Crippen LogP contribution in [0.4, 0.5) is 5.13 Å². The second-order valence-corrected chi connectivity index (χ2v) is 4.41. The van der Waals surface area contributed by atoms with E-state index in [1.165, 1.54) is 13.8 Å². The summed E-state index contributed by atoms with van der Waals surface area (Å²) in [6.45, 7) is 2.49. The Morgan fingerprint density at radius 3 is 3.00 bits per heavy atom. The first-order valence-corrected chi connectivity index (χ1v) is 5.41. The third kappa shape index (κ3) is 3.17. The van der Waals surface area contributed by atoms with Crippen molar-refractivity contribution in [1.82, 2.24) is 4.98 Å². The highest BCUT2D eigenvalue weighted by atomic mass is 32.1. The minimum Gasteiger partial charge on any atom is -0.478 e. The quantitative estimate of drug-likeness (QED) is 0.485. The molecule has 0 atom stereocenters. The van der Waals surface area contributed by atoms with E-state index < -0.39 is 23.2 Å². The number of rotatable bonds is 6. The van der Waals surface area contributed by atoms with Gasteiger partial charge in [-0.05, 0) is 13.8 Å². The molecule has 1 heterocycles. The number of carboxylic acid groups (broad SMARTS) is 1. The molecule has 0 aliphatic carbocycles. The van der Waals surface area contributed by atoms with Gasteiger partial charge in [-0.25, -0.2) is 9.78 Å². The molecule has 5 N–H and O–H groups in total. The Kier molecular flexibility index (Phi) is 2.46. The molecule has 0 saturated carbocycles. The van der Waals surface area contributed by atoms with Gasteiger partial charge in [0.2, 0.25) is 5.60 Å². The summed E-state index contributed by atoms with van der Waals surface area (Å²) in [4.78, 5) is 31.3. The fourth-order valence-electron chi connectivity index (χ4n) is 0.738. The van der Waals surface area contributed by atoms with Gasteiger partial charge in [0.25, 0.3) is 7.34 Å². The molecule has 0 fully saturated rings. The number of thiazole rings is 1. The number of amides is 1. The van der Waals surface area contributed by atoms with Crippen molar-refractivity contribution in [2.45, 2.75) is 19.4 Å². The number of nitrogens with two attached hydrogens (primary N) is 2. The number of primary amides is 1. The van der Waals surface area contributed by atoms with Crippen molar-refractivity contribution in [3.63, 3.8) is 0 Å². The first kappa shape index (κ1) is 8.86. The van der Waals surface area contributed by atoms with Crippen LogP contribution in [0.1, 0.15) is 20.9 Å². The van der Waals surface area contributed by atoms with Crippen molar-refractivity contribution in [2.24, 2.45) is 10.9 Å². The molecule has 0 bridgehead atoms. The largest absolute Gasteiger partial charge is 0.478 e. The molecule has 0 aliphatic heterocycles. The minimum absolute atomic E-state index is 0.160. The van der Waals surface area contributed by atoms with E-state index in [2.05, 4.69) is 15.2 Å². The van der Waals surface area contributed by atoms with Gasteiger partial charge in [-0.1, -0.05) is 5.16 Å². The highest BCUT2D eigenvalue weighted by Gasteiger charge is 2.30. The lowest BCUT2D eigenvalue weighted by molar-refractivity contribution is -0.161. The number of nitrogens with zero attached hydrogens (tertiary/aromatic N) is 2. The lowest BCUT2D eigenvalue weighted by Crippen LogP contribution is -2.34. The van der Waals surface area contributed by atoms with Gasteiger partial charge in [0.05, 0.1) is 1.37 Å². The van der Waals surface area contributed by atoms with Crippen molar-refractivity contribution >= 4 is 34.1 Å². The van der Waals surface area contributed by atoms with E-state index in [0.717, 1.165) is 0 Å². The second-order valence-electron chi connectivity index (χ2n) is 3.64. The molecule has 0 aliphatic rings. The number of aliphatic carboxylic acids is 1. The average Bonchev–Trinajstić information content (AvgIpc) is 2.80. The summed E-state index contributed by atoms with van der Waals surface area (Å²) in [6, 6.07) is 0. The fourth-order valence-corrected chi connectivity index (χ4v) is 1.21. The van der Waals surface area contributed by atoms with Gasteiger partial charge in [-0.2, -0.15) is 0 Å². The van der Waals surface area contributed by atoms with E-state index in [0.29, 0.717) is 11.3 Å². The van der Waals surface area contributed by atoms with Crippen LogP contribution in [0.2, 0.25) is 2.82 Å². The van der Waals surface area contributed by atoms with Gasteiger partial charge in [-0.3, -0.25) is 4.79 Å². The lowest BCUT2D eigenvalue weighted by Gasteiger charge is -2.16. The number of hydrogen-bond acceptors (Lipinski definition) is 8. The number of aromatic nitrogens is 1. The molecule has 1 amide bonds. The predicted octanol–water partition coefficient (Wildman–Crippen LogP) is -0.206. The Hall–Kier alpha value is -2.16. The molecule has 8 nitrogen and oxygen atoms in total. The molecule has 0 unspecified atom stereocenters. The van der Waals surface area contributed by atoms with Gasteiger partial charge >= 0.3 is 5.97 Å². The number of anilines is 1. The van der Waals surface area contributed by atoms with Crippen LogP contribution in [-0.4, -0.2) is 33.3 Å². The minimum atomic E-state index is -1.67. The number of carbonyl (C=O) groups excluding carboxylic acids is 1. The van der Waals surface area contributed by atoms with Crippen molar-refractivity contribution in [3.05, 3.63) is 11.1 Å². The maximum Gasteiger partial charge on any atom is 0.350 e. The van der Waals surface area contributed by atoms with Crippen LogP contribution in [0.25, 0.3) is 1.43 Å². The van der Waals surface area contributed by atoms with Crippen molar-refractivity contribution in [3.8, 4) is 0 Å². The van der Waals surface area contributed by atoms with Gasteiger partial charge in [-0.15, -0.1) is 11.3 Å². The Morgan fingerprint density at radius 2 is 2.50 bits per heavy atom. The summed E-state index contributed by atoms with van der Waals surface area (Å²) in [7, 11) is 0. The van der Waals surface area contributed by atoms with Crippen molar-refractivity contribution < 1.29 is 23.7 Å². The SMILES string of the molecule is [2H]OC(=O)C(C)(C)O/N=C(\C(N)=O)c1nc(N([2H])[2H])sc1[2H]. The molecule has 9 heteroatoms. The van der Waals surface area contributed by atoms with Crippen LogP contribution in [0.3, 0.4) is 0 Å². The molecular formula is C9H12N4O4S. The normalized spacial score (nSPS) is 14.9. The topological polar surface area (TPSA) is 141 Å². The van der Waals surface area contributed by atoms with Gasteiger partial charge < -0.3 is 21.4 Å². The zero-order valence-electron chi connectivity index (χ0n) is 13.5. The smallest absolute Gasteiger partial charge is 0.350 e. The summed E-state index contributed by atoms with van der Waals surface area (Å²) < 4.78 is 28.3. The summed E-state index contributed by atoms with van der Waals surface area (Å²) >= 11 is 0.653. The Bertz CT molecular complexity index is 619. The standard InChI is InChI=1S/C9H12N4O4S/c1-9(2,7(15)16)17-13-5(6(10)14)4-3-18-8(11)12-4/h3H,1-2H3,(H2,10,14)(H2,11,12)(H,15,16)/b13-5-/i3D/hD3. The number of hydrogen-bond donors (Lipinski definition) is 3. The number of nitrogen functional groups attached to an aromatic ring is 1. The van der Waals surface area contributed by atoms with Gasteiger partial charge in [0, 0.05) is 5.36 Å². The molecular weight excluding hydrogens is 260 g/mol. The summed E-state index contributed by atoms with van der Waals surface area (Å²) in [5.41, 5.74) is 2.78. The molecule has 18 heavy (non-hydrogen) atoms. The van der Waals surface area contributed by atoms with Crippen LogP contribution >= 0.6 is 11.3 Å². The monoisotopic (exact) mass is 276 g/mol. The Balaban J connectivity index is 3.17. The second kappa shape index (κ2) is 5.00. The molecule has 0 aromatic carbocycles. The highest BCUT2D eigenvalue weighted by molar-refractivity contribution is 7.13. The van der Waals surface area contributed by atoms with Crippen LogP contribution in [-0.2, 0) is 14.4 Å². The molecule has 0 spiro atoms. The fraction of sp³-hybridized carbons (Fsp3) is 0.333. The van der Waals surface area contributed by atoms with Crippen LogP contribution in [0.5, 0.6) is 0 Å². The molecule has 1 aromatic rings. The maximum absolute atomic E-state index is 11.4. The average molecular weight is 276 g/mol.